The van der Waals surface area contributed by atoms with E-state index in [0.29, 0.717) is 18.2 Å². The molecule has 0 bridgehead atoms. The number of nitrogens with zero attached hydrogens (tertiary/aromatic N) is 1. The Morgan fingerprint density at radius 1 is 1.47 bits per heavy atom. The molecule has 0 saturated heterocycles. The zero-order chi connectivity index (χ0) is 11.5. The molecule has 0 aromatic carbocycles. The Kier molecular flexibility index (Phi) is 3.97. The van der Waals surface area contributed by atoms with Gasteiger partial charge in [-0.05, 0) is 25.7 Å². The zero-order valence-corrected chi connectivity index (χ0v) is 9.86. The first kappa shape index (κ1) is 12.3. The largest absolute Gasteiger partial charge is 0.409 e. The Morgan fingerprint density at radius 3 is 2.47 bits per heavy atom. The van der Waals surface area contributed by atoms with Gasteiger partial charge in [-0.1, -0.05) is 19.0 Å². The van der Waals surface area contributed by atoms with Gasteiger partial charge in [0.05, 0.1) is 12.7 Å². The van der Waals surface area contributed by atoms with Crippen molar-refractivity contribution in [2.75, 3.05) is 6.61 Å². The lowest BCUT2D eigenvalue weighted by Crippen LogP contribution is -2.25. The summed E-state index contributed by atoms with van der Waals surface area (Å²) in [5.41, 5.74) is 5.66. The minimum atomic E-state index is 0.152. The first-order valence-corrected chi connectivity index (χ1v) is 5.57. The lowest BCUT2D eigenvalue weighted by atomic mass is 10.0. The van der Waals surface area contributed by atoms with Crippen LogP contribution in [-0.2, 0) is 4.74 Å². The summed E-state index contributed by atoms with van der Waals surface area (Å²) >= 11 is 0. The maximum Gasteiger partial charge on any atom is 0.139 e. The second-order valence-corrected chi connectivity index (χ2v) is 5.03. The third-order valence-corrected chi connectivity index (χ3v) is 3.23. The van der Waals surface area contributed by atoms with Crippen LogP contribution in [0.25, 0.3) is 0 Å². The van der Waals surface area contributed by atoms with E-state index in [1.807, 2.05) is 0 Å². The molecule has 88 valence electrons. The summed E-state index contributed by atoms with van der Waals surface area (Å²) in [5, 5.41) is 11.5. The van der Waals surface area contributed by atoms with Gasteiger partial charge in [-0.15, -0.1) is 0 Å². The van der Waals surface area contributed by atoms with Crippen LogP contribution in [0.5, 0.6) is 0 Å². The van der Waals surface area contributed by atoms with Crippen molar-refractivity contribution < 1.29 is 9.94 Å². The zero-order valence-electron chi connectivity index (χ0n) is 9.86. The summed E-state index contributed by atoms with van der Waals surface area (Å²) < 4.78 is 5.78. The number of nitrogens with two attached hydrogens (primary N) is 1. The summed E-state index contributed by atoms with van der Waals surface area (Å²) in [6.45, 7) is 7.11. The molecule has 1 unspecified atom stereocenters. The van der Waals surface area contributed by atoms with Gasteiger partial charge in [-0.25, -0.2) is 0 Å². The highest BCUT2D eigenvalue weighted by molar-refractivity contribution is 5.80. The molecule has 1 fully saturated rings. The fraction of sp³-hybridized carbons (Fsp3) is 0.909. The van der Waals surface area contributed by atoms with E-state index in [1.165, 1.54) is 0 Å². The molecule has 4 nitrogen and oxygen atoms in total. The van der Waals surface area contributed by atoms with Gasteiger partial charge in [-0.3, -0.25) is 0 Å². The summed E-state index contributed by atoms with van der Waals surface area (Å²) in [4.78, 5) is 0. The third kappa shape index (κ3) is 3.70. The van der Waals surface area contributed by atoms with Crippen LogP contribution in [0.3, 0.4) is 0 Å². The second-order valence-electron chi connectivity index (χ2n) is 5.03. The van der Waals surface area contributed by atoms with Crippen molar-refractivity contribution in [1.29, 1.82) is 0 Å². The Labute approximate surface area is 91.5 Å². The first-order valence-electron chi connectivity index (χ1n) is 5.57. The van der Waals surface area contributed by atoms with Crippen molar-refractivity contribution in [1.82, 2.24) is 0 Å². The molecule has 0 radical (unpaired) electrons. The molecule has 1 aliphatic carbocycles. The van der Waals surface area contributed by atoms with Crippen molar-refractivity contribution >= 4 is 5.84 Å². The van der Waals surface area contributed by atoms with E-state index in [4.69, 9.17) is 15.7 Å². The van der Waals surface area contributed by atoms with Crippen LogP contribution in [0.1, 0.15) is 40.0 Å². The quantitative estimate of drug-likeness (QED) is 0.307. The summed E-state index contributed by atoms with van der Waals surface area (Å²) in [5.74, 6) is 0.845. The van der Waals surface area contributed by atoms with Gasteiger partial charge in [0.1, 0.15) is 5.84 Å². The highest BCUT2D eigenvalue weighted by atomic mass is 16.5. The van der Waals surface area contributed by atoms with Crippen molar-refractivity contribution in [3.05, 3.63) is 0 Å². The van der Waals surface area contributed by atoms with Crippen molar-refractivity contribution in [2.45, 2.75) is 46.1 Å². The Bertz CT molecular complexity index is 235. The van der Waals surface area contributed by atoms with Crippen molar-refractivity contribution in [2.24, 2.45) is 22.2 Å². The number of rotatable bonds is 6. The highest BCUT2D eigenvalue weighted by Gasteiger charge is 2.44. The van der Waals surface area contributed by atoms with E-state index in [0.717, 1.165) is 19.4 Å². The van der Waals surface area contributed by atoms with E-state index in [9.17, 15) is 0 Å². The fourth-order valence-corrected chi connectivity index (χ4v) is 1.47. The van der Waals surface area contributed by atoms with Gasteiger partial charge >= 0.3 is 0 Å². The predicted octanol–water partition coefficient (Wildman–Crippen LogP) is 1.96. The second kappa shape index (κ2) is 4.84. The minimum absolute atomic E-state index is 0.152. The van der Waals surface area contributed by atoms with E-state index < -0.39 is 0 Å². The van der Waals surface area contributed by atoms with Crippen LogP contribution in [0, 0.1) is 11.3 Å². The Balaban J connectivity index is 2.32. The maximum absolute atomic E-state index is 8.51. The van der Waals surface area contributed by atoms with Gasteiger partial charge < -0.3 is 15.7 Å². The Morgan fingerprint density at radius 2 is 2.07 bits per heavy atom. The molecule has 4 heteroatoms. The summed E-state index contributed by atoms with van der Waals surface area (Å²) in [6, 6.07) is 0. The predicted molar refractivity (Wildman–Crippen MR) is 59.9 cm³/mol. The van der Waals surface area contributed by atoms with Crippen LogP contribution in [0.2, 0.25) is 0 Å². The monoisotopic (exact) mass is 214 g/mol. The Hall–Kier alpha value is -0.770. The number of amidine groups is 1. The SMILES string of the molecule is CC(C)C(C)OCC1(CC(N)=NO)CC1. The average Bonchev–Trinajstić information content (AvgIpc) is 2.94. The summed E-state index contributed by atoms with van der Waals surface area (Å²) in [6.07, 6.45) is 3.16. The molecule has 15 heavy (non-hydrogen) atoms. The number of hydrogen-bond donors (Lipinski definition) is 2. The molecule has 0 spiro atoms. The molecule has 3 N–H and O–H groups in total. The van der Waals surface area contributed by atoms with Crippen LogP contribution in [-0.4, -0.2) is 23.8 Å². The standard InChI is InChI=1S/C11H22N2O2/c1-8(2)9(3)15-7-11(4-5-11)6-10(12)13-14/h8-9,14H,4-7H2,1-3H3,(H2,12,13). The van der Waals surface area contributed by atoms with Gasteiger partial charge in [0.25, 0.3) is 0 Å². The van der Waals surface area contributed by atoms with Crippen LogP contribution in [0.4, 0.5) is 0 Å². The highest BCUT2D eigenvalue weighted by Crippen LogP contribution is 2.49. The number of oxime groups is 1. The minimum Gasteiger partial charge on any atom is -0.409 e. The van der Waals surface area contributed by atoms with Gasteiger partial charge in [0, 0.05) is 11.8 Å². The molecule has 1 aliphatic rings. The number of ether oxygens (including phenoxy) is 1. The molecule has 0 amide bonds. The molecule has 1 atom stereocenters. The molecule has 0 aromatic heterocycles. The third-order valence-electron chi connectivity index (χ3n) is 3.23. The van der Waals surface area contributed by atoms with E-state index in [-0.39, 0.29) is 11.5 Å². The molecular weight excluding hydrogens is 192 g/mol. The van der Waals surface area contributed by atoms with Gasteiger partial charge in [0.15, 0.2) is 0 Å². The fourth-order valence-electron chi connectivity index (χ4n) is 1.47. The average molecular weight is 214 g/mol. The van der Waals surface area contributed by atoms with E-state index in [2.05, 4.69) is 25.9 Å². The molecule has 0 heterocycles. The maximum atomic E-state index is 8.51. The van der Waals surface area contributed by atoms with Gasteiger partial charge in [-0.2, -0.15) is 0 Å². The molecule has 0 aliphatic heterocycles. The van der Waals surface area contributed by atoms with Crippen LogP contribution in [0.15, 0.2) is 5.16 Å². The topological polar surface area (TPSA) is 67.8 Å². The van der Waals surface area contributed by atoms with Crippen molar-refractivity contribution in [3.63, 3.8) is 0 Å². The lowest BCUT2D eigenvalue weighted by Gasteiger charge is -2.21. The van der Waals surface area contributed by atoms with E-state index in [1.54, 1.807) is 0 Å². The normalized spacial score (nSPS) is 21.7. The lowest BCUT2D eigenvalue weighted by molar-refractivity contribution is 0.00865. The van der Waals surface area contributed by atoms with Crippen LogP contribution >= 0.6 is 0 Å². The van der Waals surface area contributed by atoms with Gasteiger partial charge in [0.2, 0.25) is 0 Å². The van der Waals surface area contributed by atoms with Crippen molar-refractivity contribution in [3.8, 4) is 0 Å². The first-order chi connectivity index (χ1) is 6.99. The molecular formula is C11H22N2O2. The van der Waals surface area contributed by atoms with Crippen LogP contribution < -0.4 is 5.73 Å². The molecule has 0 aromatic rings. The number of hydrogen-bond acceptors (Lipinski definition) is 3. The molecule has 1 rings (SSSR count). The van der Waals surface area contributed by atoms with E-state index >= 15 is 0 Å². The summed E-state index contributed by atoms with van der Waals surface area (Å²) in [7, 11) is 0. The molecule has 1 saturated carbocycles. The smallest absolute Gasteiger partial charge is 0.139 e.